The summed E-state index contributed by atoms with van der Waals surface area (Å²) in [7, 11) is 0. The summed E-state index contributed by atoms with van der Waals surface area (Å²) < 4.78 is 1.78. The first-order valence-corrected chi connectivity index (χ1v) is 3.84. The number of hydrogen-bond donors (Lipinski definition) is 3. The standard InChI is InChI=1S/C7H13N3O2/c11-3-1-8-7-5-10(2-4-12)6-9-7/h5-6,8,11-12H,1-4H2. The predicted octanol–water partition coefficient (Wildman–Crippen LogP) is -0.720. The number of anilines is 1. The van der Waals surface area contributed by atoms with Gasteiger partial charge in [-0.2, -0.15) is 0 Å². The van der Waals surface area contributed by atoms with Crippen molar-refractivity contribution >= 4 is 5.82 Å². The van der Waals surface area contributed by atoms with E-state index >= 15 is 0 Å². The molecule has 1 rings (SSSR count). The molecule has 0 aliphatic carbocycles. The highest BCUT2D eigenvalue weighted by molar-refractivity contribution is 5.30. The second kappa shape index (κ2) is 4.74. The van der Waals surface area contributed by atoms with Crippen LogP contribution in [0.4, 0.5) is 5.82 Å². The number of imidazole rings is 1. The molecule has 5 nitrogen and oxygen atoms in total. The second-order valence-electron chi connectivity index (χ2n) is 2.37. The zero-order chi connectivity index (χ0) is 8.81. The Morgan fingerprint density at radius 1 is 1.42 bits per heavy atom. The summed E-state index contributed by atoms with van der Waals surface area (Å²) in [5, 5.41) is 20.0. The Hall–Kier alpha value is -1.07. The van der Waals surface area contributed by atoms with Crippen LogP contribution in [0.3, 0.4) is 0 Å². The summed E-state index contributed by atoms with van der Waals surface area (Å²) in [4.78, 5) is 4.00. The van der Waals surface area contributed by atoms with E-state index in [0.717, 1.165) is 5.82 Å². The van der Waals surface area contributed by atoms with Crippen molar-refractivity contribution < 1.29 is 10.2 Å². The Balaban J connectivity index is 2.41. The van der Waals surface area contributed by atoms with Crippen molar-refractivity contribution in [3.05, 3.63) is 12.5 Å². The first-order valence-electron chi connectivity index (χ1n) is 3.84. The third-order valence-electron chi connectivity index (χ3n) is 1.41. The Bertz CT molecular complexity index is 224. The van der Waals surface area contributed by atoms with E-state index in [1.807, 2.05) is 0 Å². The topological polar surface area (TPSA) is 70.3 Å². The molecule has 0 aliphatic heterocycles. The zero-order valence-electron chi connectivity index (χ0n) is 6.77. The van der Waals surface area contributed by atoms with E-state index in [0.29, 0.717) is 13.1 Å². The van der Waals surface area contributed by atoms with Gasteiger partial charge in [0.2, 0.25) is 0 Å². The molecule has 0 aromatic carbocycles. The van der Waals surface area contributed by atoms with Gasteiger partial charge in [0, 0.05) is 19.3 Å². The molecule has 1 aromatic heterocycles. The number of aliphatic hydroxyl groups excluding tert-OH is 2. The summed E-state index contributed by atoms with van der Waals surface area (Å²) in [6, 6.07) is 0. The van der Waals surface area contributed by atoms with Crippen LogP contribution < -0.4 is 5.32 Å². The highest BCUT2D eigenvalue weighted by Gasteiger charge is 1.95. The van der Waals surface area contributed by atoms with Crippen LogP contribution >= 0.6 is 0 Å². The third-order valence-corrected chi connectivity index (χ3v) is 1.41. The van der Waals surface area contributed by atoms with E-state index in [-0.39, 0.29) is 13.2 Å². The summed E-state index contributed by atoms with van der Waals surface area (Å²) >= 11 is 0. The van der Waals surface area contributed by atoms with Gasteiger partial charge in [0.15, 0.2) is 0 Å². The number of nitrogens with one attached hydrogen (secondary N) is 1. The molecule has 0 fully saturated rings. The van der Waals surface area contributed by atoms with E-state index in [1.165, 1.54) is 0 Å². The first-order chi connectivity index (χ1) is 5.86. The molecule has 1 heterocycles. The van der Waals surface area contributed by atoms with Crippen molar-refractivity contribution in [1.82, 2.24) is 9.55 Å². The van der Waals surface area contributed by atoms with Gasteiger partial charge in [-0.15, -0.1) is 0 Å². The van der Waals surface area contributed by atoms with Crippen LogP contribution in [0.1, 0.15) is 0 Å². The average Bonchev–Trinajstić information content (AvgIpc) is 2.50. The Labute approximate surface area is 70.7 Å². The van der Waals surface area contributed by atoms with Crippen molar-refractivity contribution in [3.63, 3.8) is 0 Å². The fourth-order valence-corrected chi connectivity index (χ4v) is 0.873. The van der Waals surface area contributed by atoms with E-state index in [4.69, 9.17) is 10.2 Å². The van der Waals surface area contributed by atoms with Crippen molar-refractivity contribution in [2.75, 3.05) is 25.1 Å². The first kappa shape index (κ1) is 9.02. The molecule has 0 spiro atoms. The van der Waals surface area contributed by atoms with Gasteiger partial charge in [-0.3, -0.25) is 0 Å². The van der Waals surface area contributed by atoms with Gasteiger partial charge in [0.1, 0.15) is 5.82 Å². The van der Waals surface area contributed by atoms with Crippen molar-refractivity contribution in [2.24, 2.45) is 0 Å². The lowest BCUT2D eigenvalue weighted by atomic mass is 10.6. The van der Waals surface area contributed by atoms with Gasteiger partial charge >= 0.3 is 0 Å². The van der Waals surface area contributed by atoms with Crippen LogP contribution in [-0.2, 0) is 6.54 Å². The molecule has 0 aliphatic rings. The van der Waals surface area contributed by atoms with Gasteiger partial charge in [-0.25, -0.2) is 4.98 Å². The van der Waals surface area contributed by atoms with Gasteiger partial charge < -0.3 is 20.1 Å². The second-order valence-corrected chi connectivity index (χ2v) is 2.37. The minimum atomic E-state index is 0.0901. The molecule has 0 saturated heterocycles. The summed E-state index contributed by atoms with van der Waals surface area (Å²) in [6.45, 7) is 1.24. The predicted molar refractivity (Wildman–Crippen MR) is 44.9 cm³/mol. The third kappa shape index (κ3) is 2.52. The molecule has 0 bridgehead atoms. The fraction of sp³-hybridized carbons (Fsp3) is 0.571. The van der Waals surface area contributed by atoms with E-state index in [1.54, 1.807) is 17.1 Å². The maximum Gasteiger partial charge on any atom is 0.144 e. The van der Waals surface area contributed by atoms with Gasteiger partial charge in [-0.05, 0) is 0 Å². The summed E-state index contributed by atoms with van der Waals surface area (Å²) in [5.74, 6) is 0.720. The number of aromatic nitrogens is 2. The minimum Gasteiger partial charge on any atom is -0.395 e. The maximum atomic E-state index is 8.60. The van der Waals surface area contributed by atoms with Crippen LogP contribution in [0, 0.1) is 0 Å². The quantitative estimate of drug-likeness (QED) is 0.547. The molecule has 0 unspecified atom stereocenters. The molecular weight excluding hydrogens is 158 g/mol. The van der Waals surface area contributed by atoms with E-state index in [9.17, 15) is 0 Å². The number of aliphatic hydroxyl groups is 2. The van der Waals surface area contributed by atoms with Crippen molar-refractivity contribution in [2.45, 2.75) is 6.54 Å². The van der Waals surface area contributed by atoms with E-state index in [2.05, 4.69) is 10.3 Å². The zero-order valence-corrected chi connectivity index (χ0v) is 6.77. The maximum absolute atomic E-state index is 8.60. The van der Waals surface area contributed by atoms with Gasteiger partial charge in [0.05, 0.1) is 19.5 Å². The lowest BCUT2D eigenvalue weighted by molar-refractivity contribution is 0.276. The Morgan fingerprint density at radius 3 is 2.92 bits per heavy atom. The largest absolute Gasteiger partial charge is 0.395 e. The number of rotatable bonds is 5. The molecule has 5 heteroatoms. The van der Waals surface area contributed by atoms with Crippen molar-refractivity contribution in [3.8, 4) is 0 Å². The Kier molecular flexibility index (Phi) is 3.56. The molecule has 0 radical (unpaired) electrons. The molecule has 3 N–H and O–H groups in total. The van der Waals surface area contributed by atoms with Gasteiger partial charge in [0.25, 0.3) is 0 Å². The molecule has 68 valence electrons. The highest BCUT2D eigenvalue weighted by Crippen LogP contribution is 2.00. The SMILES string of the molecule is OCCNc1cn(CCO)cn1. The van der Waals surface area contributed by atoms with Crippen LogP contribution in [0.15, 0.2) is 12.5 Å². The highest BCUT2D eigenvalue weighted by atomic mass is 16.3. The lowest BCUT2D eigenvalue weighted by Gasteiger charge is -1.97. The monoisotopic (exact) mass is 171 g/mol. The number of hydrogen-bond acceptors (Lipinski definition) is 4. The summed E-state index contributed by atoms with van der Waals surface area (Å²) in [5.41, 5.74) is 0. The molecular formula is C7H13N3O2. The molecule has 0 saturated carbocycles. The summed E-state index contributed by atoms with van der Waals surface area (Å²) in [6.07, 6.45) is 3.42. The molecule has 0 amide bonds. The van der Waals surface area contributed by atoms with Crippen molar-refractivity contribution in [1.29, 1.82) is 0 Å². The average molecular weight is 171 g/mol. The minimum absolute atomic E-state index is 0.0901. The molecule has 0 atom stereocenters. The molecule has 12 heavy (non-hydrogen) atoms. The van der Waals surface area contributed by atoms with Crippen LogP contribution in [0.5, 0.6) is 0 Å². The van der Waals surface area contributed by atoms with Gasteiger partial charge in [-0.1, -0.05) is 0 Å². The van der Waals surface area contributed by atoms with Crippen LogP contribution in [0.2, 0.25) is 0 Å². The van der Waals surface area contributed by atoms with Crippen LogP contribution in [-0.4, -0.2) is 39.5 Å². The number of nitrogens with zero attached hydrogens (tertiary/aromatic N) is 2. The lowest BCUT2D eigenvalue weighted by Crippen LogP contribution is -2.05. The fourth-order valence-electron chi connectivity index (χ4n) is 0.873. The Morgan fingerprint density at radius 2 is 2.25 bits per heavy atom. The smallest absolute Gasteiger partial charge is 0.144 e. The molecule has 1 aromatic rings. The normalized spacial score (nSPS) is 10.2. The van der Waals surface area contributed by atoms with E-state index < -0.39 is 0 Å². The van der Waals surface area contributed by atoms with Crippen LogP contribution in [0.25, 0.3) is 0 Å².